The zero-order chi connectivity index (χ0) is 23.7. The Morgan fingerprint density at radius 2 is 1.91 bits per heavy atom. The van der Waals surface area contributed by atoms with E-state index in [1.807, 2.05) is 13.1 Å². The third-order valence-electron chi connectivity index (χ3n) is 7.04. The smallest absolute Gasteiger partial charge is 0.253 e. The fourth-order valence-corrected chi connectivity index (χ4v) is 4.80. The predicted molar refractivity (Wildman–Crippen MR) is 132 cm³/mol. The van der Waals surface area contributed by atoms with Gasteiger partial charge in [-0.15, -0.1) is 0 Å². The molecule has 1 atom stereocenters. The number of benzene rings is 2. The number of fused-ring (bicyclic) bond motifs is 1. The van der Waals surface area contributed by atoms with Crippen molar-refractivity contribution in [2.75, 3.05) is 18.5 Å². The molecular formula is C27H32N4O3. The Hall–Kier alpha value is -3.19. The summed E-state index contributed by atoms with van der Waals surface area (Å²) < 4.78 is 7.64. The number of rotatable bonds is 7. The number of aromatic nitrogens is 2. The van der Waals surface area contributed by atoms with Crippen molar-refractivity contribution in [3.8, 4) is 0 Å². The van der Waals surface area contributed by atoms with Crippen molar-refractivity contribution in [3.05, 3.63) is 58.9 Å². The Balaban J connectivity index is 1.39. The zero-order valence-corrected chi connectivity index (χ0v) is 19.9. The third-order valence-corrected chi connectivity index (χ3v) is 7.04. The van der Waals surface area contributed by atoms with Crippen molar-refractivity contribution < 1.29 is 14.3 Å². The molecule has 1 saturated carbocycles. The summed E-state index contributed by atoms with van der Waals surface area (Å²) in [6.45, 7) is 3.20. The van der Waals surface area contributed by atoms with Crippen LogP contribution in [-0.4, -0.2) is 40.6 Å². The minimum Gasteiger partial charge on any atom is -0.368 e. The highest BCUT2D eigenvalue weighted by atomic mass is 16.5. The molecule has 34 heavy (non-hydrogen) atoms. The first-order chi connectivity index (χ1) is 16.5. The third kappa shape index (κ3) is 4.57. The second kappa shape index (κ2) is 9.58. The first-order valence-corrected chi connectivity index (χ1v) is 12.3. The summed E-state index contributed by atoms with van der Waals surface area (Å²) in [6, 6.07) is 11.9. The van der Waals surface area contributed by atoms with Gasteiger partial charge >= 0.3 is 0 Å². The lowest BCUT2D eigenvalue weighted by atomic mass is 9.85. The van der Waals surface area contributed by atoms with Crippen molar-refractivity contribution in [2.45, 2.75) is 57.5 Å². The molecule has 2 aromatic carbocycles. The number of nitrogens with zero attached hydrogens (tertiary/aromatic N) is 2. The van der Waals surface area contributed by atoms with E-state index in [4.69, 9.17) is 9.72 Å². The van der Waals surface area contributed by atoms with E-state index >= 15 is 0 Å². The van der Waals surface area contributed by atoms with Gasteiger partial charge in [-0.3, -0.25) is 9.59 Å². The maximum atomic E-state index is 13.0. The molecule has 3 aromatic rings. The largest absolute Gasteiger partial charge is 0.368 e. The minimum absolute atomic E-state index is 0.165. The quantitative estimate of drug-likeness (QED) is 0.552. The van der Waals surface area contributed by atoms with Gasteiger partial charge in [0.2, 0.25) is 0 Å². The van der Waals surface area contributed by atoms with Crippen molar-refractivity contribution in [1.82, 2.24) is 14.9 Å². The second-order valence-electron chi connectivity index (χ2n) is 9.53. The molecule has 1 aromatic heterocycles. The highest BCUT2D eigenvalue weighted by molar-refractivity contribution is 6.06. The molecule has 1 aliphatic carbocycles. The van der Waals surface area contributed by atoms with Crippen molar-refractivity contribution in [1.29, 1.82) is 0 Å². The van der Waals surface area contributed by atoms with Crippen LogP contribution < -0.4 is 10.6 Å². The van der Waals surface area contributed by atoms with E-state index in [-0.39, 0.29) is 11.8 Å². The lowest BCUT2D eigenvalue weighted by molar-refractivity contribution is -0.124. The topological polar surface area (TPSA) is 85.2 Å². The summed E-state index contributed by atoms with van der Waals surface area (Å²) in [6.07, 6.45) is 5.38. The molecule has 2 heterocycles. The number of hydrogen-bond donors (Lipinski definition) is 2. The number of carbonyl (C=O) groups excluding carboxylic acids is 2. The number of carbonyl (C=O) groups is 2. The number of amides is 2. The van der Waals surface area contributed by atoms with Crippen LogP contribution in [0.5, 0.6) is 0 Å². The van der Waals surface area contributed by atoms with Gasteiger partial charge in [0.05, 0.1) is 16.7 Å². The molecule has 2 fully saturated rings. The maximum absolute atomic E-state index is 13.0. The first kappa shape index (κ1) is 22.6. The summed E-state index contributed by atoms with van der Waals surface area (Å²) in [7, 11) is 1.99. The molecule has 5 rings (SSSR count). The van der Waals surface area contributed by atoms with Crippen LogP contribution in [0.4, 0.5) is 5.69 Å². The van der Waals surface area contributed by atoms with E-state index in [0.29, 0.717) is 36.7 Å². The summed E-state index contributed by atoms with van der Waals surface area (Å²) in [5.41, 5.74) is 5.10. The van der Waals surface area contributed by atoms with Crippen LogP contribution in [0.25, 0.3) is 11.0 Å². The Kier molecular flexibility index (Phi) is 6.37. The lowest BCUT2D eigenvalue weighted by Crippen LogP contribution is -2.28. The van der Waals surface area contributed by atoms with E-state index in [0.717, 1.165) is 42.5 Å². The van der Waals surface area contributed by atoms with E-state index in [1.54, 1.807) is 6.07 Å². The summed E-state index contributed by atoms with van der Waals surface area (Å²) in [5, 5.41) is 6.05. The van der Waals surface area contributed by atoms with Crippen molar-refractivity contribution in [3.63, 3.8) is 0 Å². The number of ether oxygens (including phenoxy) is 1. The number of anilines is 1. The Labute approximate surface area is 199 Å². The van der Waals surface area contributed by atoms with E-state index in [1.165, 1.54) is 17.5 Å². The fraction of sp³-hybridized carbons (Fsp3) is 0.444. The molecule has 7 heteroatoms. The van der Waals surface area contributed by atoms with Gasteiger partial charge < -0.3 is 19.9 Å². The number of hydrogen-bond acceptors (Lipinski definition) is 4. The number of nitrogens with one attached hydrogen (secondary N) is 2. The predicted octanol–water partition coefficient (Wildman–Crippen LogP) is 4.24. The Morgan fingerprint density at radius 1 is 1.12 bits per heavy atom. The van der Waals surface area contributed by atoms with E-state index in [9.17, 15) is 9.59 Å². The van der Waals surface area contributed by atoms with E-state index in [2.05, 4.69) is 46.4 Å². The Bertz CT molecular complexity index is 1200. The molecule has 7 nitrogen and oxygen atoms in total. The van der Waals surface area contributed by atoms with Crippen LogP contribution >= 0.6 is 0 Å². The molecule has 2 amide bonds. The molecule has 2 N–H and O–H groups in total. The van der Waals surface area contributed by atoms with Crippen LogP contribution in [0.2, 0.25) is 0 Å². The summed E-state index contributed by atoms with van der Waals surface area (Å²) in [5.74, 6) is 1.12. The van der Waals surface area contributed by atoms with Crippen molar-refractivity contribution >= 4 is 28.5 Å². The van der Waals surface area contributed by atoms with E-state index < -0.39 is 6.10 Å². The molecule has 1 saturated heterocycles. The van der Waals surface area contributed by atoms with Crippen LogP contribution in [0.3, 0.4) is 0 Å². The van der Waals surface area contributed by atoms with Gasteiger partial charge in [-0.05, 0) is 56.7 Å². The van der Waals surface area contributed by atoms with Gasteiger partial charge in [0.25, 0.3) is 11.8 Å². The molecule has 1 aliphatic heterocycles. The van der Waals surface area contributed by atoms with Crippen LogP contribution in [0.15, 0.2) is 36.4 Å². The summed E-state index contributed by atoms with van der Waals surface area (Å²) in [4.78, 5) is 30.8. The van der Waals surface area contributed by atoms with Crippen LogP contribution in [0.1, 0.15) is 65.3 Å². The van der Waals surface area contributed by atoms with Crippen LogP contribution in [0, 0.1) is 6.92 Å². The maximum Gasteiger partial charge on any atom is 0.253 e. The van der Waals surface area contributed by atoms with Gasteiger partial charge in [-0.1, -0.05) is 36.2 Å². The number of aryl methyl sites for hydroxylation is 2. The lowest BCUT2D eigenvalue weighted by Gasteiger charge is -2.24. The molecule has 1 unspecified atom stereocenters. The monoisotopic (exact) mass is 460 g/mol. The molecule has 0 radical (unpaired) electrons. The minimum atomic E-state index is -0.443. The molecule has 2 aliphatic rings. The highest BCUT2D eigenvalue weighted by Gasteiger charge is 2.28. The van der Waals surface area contributed by atoms with Crippen molar-refractivity contribution in [2.24, 2.45) is 7.05 Å². The average Bonchev–Trinajstić information content (AvgIpc) is 3.43. The Morgan fingerprint density at radius 3 is 2.59 bits per heavy atom. The molecular weight excluding hydrogens is 428 g/mol. The van der Waals surface area contributed by atoms with Crippen LogP contribution in [-0.2, 0) is 23.0 Å². The van der Waals surface area contributed by atoms with Gasteiger partial charge in [0.15, 0.2) is 0 Å². The molecule has 0 bridgehead atoms. The SMILES string of the molecule is Cc1ccc(CCNC(=O)c2cc(NC(=O)C3CCCO3)c3c(c2)nc(C2CCC2)n3C)cc1. The fourth-order valence-electron chi connectivity index (χ4n) is 4.80. The number of imidazole rings is 1. The summed E-state index contributed by atoms with van der Waals surface area (Å²) >= 11 is 0. The van der Waals surface area contributed by atoms with Gasteiger partial charge in [-0.2, -0.15) is 0 Å². The van der Waals surface area contributed by atoms with Gasteiger partial charge in [0, 0.05) is 31.7 Å². The highest BCUT2D eigenvalue weighted by Crippen LogP contribution is 2.38. The standard InChI is InChI=1S/C27H32N4O3/c1-17-8-10-18(11-9-17)12-13-28-26(32)20-15-21-24(31(2)25(29-21)19-5-3-6-19)22(16-20)30-27(33)23-7-4-14-34-23/h8-11,15-16,19,23H,3-7,12-14H2,1-2H3,(H,28,32)(H,30,33). The normalized spacial score (nSPS) is 18.1. The zero-order valence-electron chi connectivity index (χ0n) is 19.9. The van der Waals surface area contributed by atoms with Gasteiger partial charge in [0.1, 0.15) is 11.9 Å². The second-order valence-corrected chi connectivity index (χ2v) is 9.53. The molecule has 178 valence electrons. The van der Waals surface area contributed by atoms with Gasteiger partial charge in [-0.25, -0.2) is 4.98 Å². The molecule has 0 spiro atoms. The average molecular weight is 461 g/mol. The first-order valence-electron chi connectivity index (χ1n) is 12.3.